The quantitative estimate of drug-likeness (QED) is 0.860. The summed E-state index contributed by atoms with van der Waals surface area (Å²) in [7, 11) is 0. The minimum absolute atomic E-state index is 0.314. The van der Waals surface area contributed by atoms with E-state index < -0.39 is 0 Å². The summed E-state index contributed by atoms with van der Waals surface area (Å²) in [5.41, 5.74) is 6.65. The van der Waals surface area contributed by atoms with E-state index in [1.807, 2.05) is 6.92 Å². The molecular weight excluding hydrogens is 258 g/mol. The van der Waals surface area contributed by atoms with Crippen LogP contribution in [0.25, 0.3) is 0 Å². The SMILES string of the molecule is CCNC(Cc1cc(C)cc(C)c1)c1c(C)oc(C)c1C. The van der Waals surface area contributed by atoms with Crippen LogP contribution in [-0.2, 0) is 6.42 Å². The molecule has 1 heterocycles. The van der Waals surface area contributed by atoms with Crippen LogP contribution in [-0.4, -0.2) is 6.54 Å². The summed E-state index contributed by atoms with van der Waals surface area (Å²) in [4.78, 5) is 0. The predicted octanol–water partition coefficient (Wildman–Crippen LogP) is 4.72. The fourth-order valence-corrected chi connectivity index (χ4v) is 3.27. The van der Waals surface area contributed by atoms with Crippen molar-refractivity contribution in [1.29, 1.82) is 0 Å². The largest absolute Gasteiger partial charge is 0.466 e. The fourth-order valence-electron chi connectivity index (χ4n) is 3.27. The zero-order valence-corrected chi connectivity index (χ0v) is 14.1. The molecule has 1 unspecified atom stereocenters. The maximum atomic E-state index is 5.82. The van der Waals surface area contributed by atoms with E-state index >= 15 is 0 Å². The van der Waals surface area contributed by atoms with Gasteiger partial charge in [0.15, 0.2) is 0 Å². The van der Waals surface area contributed by atoms with Gasteiger partial charge in [-0.1, -0.05) is 36.2 Å². The van der Waals surface area contributed by atoms with E-state index in [1.54, 1.807) is 0 Å². The summed E-state index contributed by atoms with van der Waals surface area (Å²) in [6.45, 7) is 13.7. The van der Waals surface area contributed by atoms with Gasteiger partial charge in [-0.05, 0) is 58.7 Å². The second-order valence-corrected chi connectivity index (χ2v) is 6.06. The van der Waals surface area contributed by atoms with Crippen molar-refractivity contribution >= 4 is 0 Å². The normalized spacial score (nSPS) is 12.7. The van der Waals surface area contributed by atoms with E-state index in [4.69, 9.17) is 4.42 Å². The molecule has 2 nitrogen and oxygen atoms in total. The smallest absolute Gasteiger partial charge is 0.106 e. The number of hydrogen-bond donors (Lipinski definition) is 1. The molecule has 0 radical (unpaired) electrons. The summed E-state index contributed by atoms with van der Waals surface area (Å²) >= 11 is 0. The maximum absolute atomic E-state index is 5.82. The first-order valence-corrected chi connectivity index (χ1v) is 7.79. The molecule has 0 aliphatic carbocycles. The lowest BCUT2D eigenvalue weighted by molar-refractivity contribution is 0.484. The molecule has 0 amide bonds. The lowest BCUT2D eigenvalue weighted by Crippen LogP contribution is -2.24. The Labute approximate surface area is 128 Å². The molecule has 1 N–H and O–H groups in total. The summed E-state index contributed by atoms with van der Waals surface area (Å²) in [6, 6.07) is 7.11. The minimum Gasteiger partial charge on any atom is -0.466 e. The van der Waals surface area contributed by atoms with Gasteiger partial charge in [-0.25, -0.2) is 0 Å². The lowest BCUT2D eigenvalue weighted by atomic mass is 9.94. The Hall–Kier alpha value is -1.54. The summed E-state index contributed by atoms with van der Waals surface area (Å²) in [5, 5.41) is 3.62. The molecule has 0 saturated carbocycles. The van der Waals surface area contributed by atoms with Gasteiger partial charge in [0.2, 0.25) is 0 Å². The first kappa shape index (κ1) is 15.8. The van der Waals surface area contributed by atoms with E-state index in [0.29, 0.717) is 6.04 Å². The first-order chi connectivity index (χ1) is 9.92. The molecule has 2 aromatic rings. The van der Waals surface area contributed by atoms with Crippen LogP contribution in [0.1, 0.15) is 52.3 Å². The van der Waals surface area contributed by atoms with Crippen molar-refractivity contribution in [3.63, 3.8) is 0 Å². The van der Waals surface area contributed by atoms with Gasteiger partial charge < -0.3 is 9.73 Å². The maximum Gasteiger partial charge on any atom is 0.106 e. The average Bonchev–Trinajstić information content (AvgIpc) is 2.61. The Morgan fingerprint density at radius 1 is 0.952 bits per heavy atom. The molecule has 114 valence electrons. The van der Waals surface area contributed by atoms with Crippen molar-refractivity contribution in [2.24, 2.45) is 0 Å². The Kier molecular flexibility index (Phi) is 4.89. The van der Waals surface area contributed by atoms with Crippen molar-refractivity contribution in [2.45, 2.75) is 54.0 Å². The summed E-state index contributed by atoms with van der Waals surface area (Å²) in [6.07, 6.45) is 0.997. The van der Waals surface area contributed by atoms with E-state index in [1.165, 1.54) is 27.8 Å². The molecule has 1 aromatic carbocycles. The minimum atomic E-state index is 0.314. The van der Waals surface area contributed by atoms with Crippen LogP contribution < -0.4 is 5.32 Å². The number of furan rings is 1. The second-order valence-electron chi connectivity index (χ2n) is 6.06. The van der Waals surface area contributed by atoms with Crippen LogP contribution in [0.2, 0.25) is 0 Å². The predicted molar refractivity (Wildman–Crippen MR) is 89.0 cm³/mol. The zero-order chi connectivity index (χ0) is 15.6. The van der Waals surface area contributed by atoms with Crippen LogP contribution in [0.4, 0.5) is 0 Å². The van der Waals surface area contributed by atoms with Crippen molar-refractivity contribution in [3.05, 3.63) is 57.5 Å². The molecular formula is C19H27NO. The number of aryl methyl sites for hydroxylation is 4. The first-order valence-electron chi connectivity index (χ1n) is 7.79. The Morgan fingerprint density at radius 2 is 1.57 bits per heavy atom. The molecule has 2 rings (SSSR count). The highest BCUT2D eigenvalue weighted by Crippen LogP contribution is 2.29. The van der Waals surface area contributed by atoms with E-state index in [2.05, 4.69) is 58.1 Å². The fraction of sp³-hybridized carbons (Fsp3) is 0.474. The number of likely N-dealkylation sites (N-methyl/N-ethyl adjacent to an activating group) is 1. The molecule has 2 heteroatoms. The van der Waals surface area contributed by atoms with Gasteiger partial charge in [-0.2, -0.15) is 0 Å². The third-order valence-corrected chi connectivity index (χ3v) is 4.14. The highest BCUT2D eigenvalue weighted by Gasteiger charge is 2.20. The van der Waals surface area contributed by atoms with Crippen molar-refractivity contribution in [1.82, 2.24) is 5.32 Å². The molecule has 1 atom stereocenters. The van der Waals surface area contributed by atoms with E-state index in [-0.39, 0.29) is 0 Å². The average molecular weight is 285 g/mol. The number of rotatable bonds is 5. The third kappa shape index (κ3) is 3.56. The van der Waals surface area contributed by atoms with Crippen LogP contribution >= 0.6 is 0 Å². The number of benzene rings is 1. The Bertz CT molecular complexity index is 604. The number of hydrogen-bond acceptors (Lipinski definition) is 2. The molecule has 0 saturated heterocycles. The van der Waals surface area contributed by atoms with Crippen molar-refractivity contribution in [3.8, 4) is 0 Å². The van der Waals surface area contributed by atoms with Crippen LogP contribution in [0.5, 0.6) is 0 Å². The van der Waals surface area contributed by atoms with Crippen LogP contribution in [0, 0.1) is 34.6 Å². The van der Waals surface area contributed by atoms with Gasteiger partial charge in [0, 0.05) is 11.6 Å². The lowest BCUT2D eigenvalue weighted by Gasteiger charge is -2.19. The highest BCUT2D eigenvalue weighted by molar-refractivity contribution is 5.37. The van der Waals surface area contributed by atoms with E-state index in [0.717, 1.165) is 24.5 Å². The van der Waals surface area contributed by atoms with Crippen LogP contribution in [0.3, 0.4) is 0 Å². The van der Waals surface area contributed by atoms with Gasteiger partial charge in [0.25, 0.3) is 0 Å². The molecule has 0 aliphatic rings. The molecule has 0 spiro atoms. The van der Waals surface area contributed by atoms with Gasteiger partial charge in [0.05, 0.1) is 0 Å². The second kappa shape index (κ2) is 6.48. The highest BCUT2D eigenvalue weighted by atomic mass is 16.3. The molecule has 0 bridgehead atoms. The molecule has 0 fully saturated rings. The summed E-state index contributed by atoms with van der Waals surface area (Å²) < 4.78 is 5.82. The van der Waals surface area contributed by atoms with E-state index in [9.17, 15) is 0 Å². The summed E-state index contributed by atoms with van der Waals surface area (Å²) in [5.74, 6) is 2.08. The standard InChI is InChI=1S/C19H27NO/c1-7-20-18(19-14(4)15(5)21-16(19)6)11-17-9-12(2)8-13(3)10-17/h8-10,18,20H,7,11H2,1-6H3. The molecule has 21 heavy (non-hydrogen) atoms. The van der Waals surface area contributed by atoms with Gasteiger partial charge in [-0.15, -0.1) is 0 Å². The van der Waals surface area contributed by atoms with Crippen molar-refractivity contribution in [2.75, 3.05) is 6.54 Å². The Morgan fingerprint density at radius 3 is 2.05 bits per heavy atom. The third-order valence-electron chi connectivity index (χ3n) is 4.14. The van der Waals surface area contributed by atoms with Crippen LogP contribution in [0.15, 0.2) is 22.6 Å². The van der Waals surface area contributed by atoms with Gasteiger partial charge in [0.1, 0.15) is 11.5 Å². The Balaban J connectivity index is 2.35. The monoisotopic (exact) mass is 285 g/mol. The van der Waals surface area contributed by atoms with Gasteiger partial charge >= 0.3 is 0 Å². The number of nitrogens with one attached hydrogen (secondary N) is 1. The molecule has 1 aromatic heterocycles. The topological polar surface area (TPSA) is 25.2 Å². The van der Waals surface area contributed by atoms with Gasteiger partial charge in [-0.3, -0.25) is 0 Å². The zero-order valence-electron chi connectivity index (χ0n) is 14.1. The molecule has 0 aliphatic heterocycles. The van der Waals surface area contributed by atoms with Crippen molar-refractivity contribution < 1.29 is 4.42 Å².